The number of hydrogen-bond donors (Lipinski definition) is 1. The van der Waals surface area contributed by atoms with Gasteiger partial charge in [0.25, 0.3) is 0 Å². The molecule has 0 aliphatic rings. The fourth-order valence-electron chi connectivity index (χ4n) is 0.823. The molecule has 0 saturated heterocycles. The summed E-state index contributed by atoms with van der Waals surface area (Å²) in [5.74, 6) is 0. The largest absolute Gasteiger partial charge is 0.407 e. The Balaban J connectivity index is 3.08. The third-order valence-electron chi connectivity index (χ3n) is 1.54. The highest BCUT2D eigenvalue weighted by molar-refractivity contribution is 6.34. The van der Waals surface area contributed by atoms with E-state index in [-0.39, 0.29) is 15.7 Å². The number of hydrogen-bond acceptors (Lipinski definition) is 2. The van der Waals surface area contributed by atoms with Crippen LogP contribution in [0.2, 0.25) is 10.2 Å². The zero-order valence-corrected chi connectivity index (χ0v) is 8.16. The van der Waals surface area contributed by atoms with E-state index in [1.165, 1.54) is 0 Å². The molecule has 0 aromatic carbocycles. The summed E-state index contributed by atoms with van der Waals surface area (Å²) in [6, 6.07) is -1.02. The third-order valence-corrected chi connectivity index (χ3v) is 2.07. The smallest absolute Gasteiger partial charge is 0.316 e. The van der Waals surface area contributed by atoms with E-state index < -0.39 is 12.2 Å². The molecular formula is C7H5Cl2F3N2. The second-order valence-electron chi connectivity index (χ2n) is 2.55. The summed E-state index contributed by atoms with van der Waals surface area (Å²) in [6.07, 6.45) is -3.62. The molecule has 0 radical (unpaired) electrons. The second-order valence-corrected chi connectivity index (χ2v) is 3.34. The van der Waals surface area contributed by atoms with Crippen LogP contribution in [-0.2, 0) is 0 Å². The van der Waals surface area contributed by atoms with Gasteiger partial charge in [-0.3, -0.25) is 0 Å². The second kappa shape index (κ2) is 3.92. The Kier molecular flexibility index (Phi) is 3.24. The van der Waals surface area contributed by atoms with Crippen LogP contribution in [0.4, 0.5) is 13.2 Å². The molecule has 1 heterocycles. The van der Waals surface area contributed by atoms with E-state index in [0.717, 1.165) is 12.3 Å². The average Bonchev–Trinajstić information content (AvgIpc) is 2.01. The van der Waals surface area contributed by atoms with Crippen molar-refractivity contribution in [2.45, 2.75) is 12.2 Å². The molecule has 2 N–H and O–H groups in total. The van der Waals surface area contributed by atoms with E-state index in [1.807, 2.05) is 0 Å². The monoisotopic (exact) mass is 244 g/mol. The maximum Gasteiger partial charge on any atom is 0.407 e. The molecule has 0 aliphatic carbocycles. The van der Waals surface area contributed by atoms with Gasteiger partial charge in [-0.25, -0.2) is 4.98 Å². The van der Waals surface area contributed by atoms with E-state index in [1.54, 1.807) is 0 Å². The maximum absolute atomic E-state index is 12.2. The number of nitrogens with zero attached hydrogens (tertiary/aromatic N) is 1. The maximum atomic E-state index is 12.2. The summed E-state index contributed by atoms with van der Waals surface area (Å²) >= 11 is 10.9. The summed E-state index contributed by atoms with van der Waals surface area (Å²) in [5, 5.41) is -0.122. The summed E-state index contributed by atoms with van der Waals surface area (Å²) in [6.45, 7) is 0. The van der Waals surface area contributed by atoms with Gasteiger partial charge in [0, 0.05) is 11.8 Å². The molecule has 1 atom stereocenters. The third kappa shape index (κ3) is 2.50. The van der Waals surface area contributed by atoms with Gasteiger partial charge in [0.05, 0.1) is 5.02 Å². The highest BCUT2D eigenvalue weighted by Gasteiger charge is 2.39. The van der Waals surface area contributed by atoms with E-state index in [9.17, 15) is 13.2 Å². The van der Waals surface area contributed by atoms with Crippen LogP contribution in [-0.4, -0.2) is 11.2 Å². The van der Waals surface area contributed by atoms with Crippen molar-refractivity contribution in [3.05, 3.63) is 28.0 Å². The van der Waals surface area contributed by atoms with Gasteiger partial charge in [-0.2, -0.15) is 13.2 Å². The van der Waals surface area contributed by atoms with Gasteiger partial charge in [0.1, 0.15) is 11.2 Å². The minimum absolute atomic E-state index is 0.0214. The predicted molar refractivity (Wildman–Crippen MR) is 47.2 cm³/mol. The lowest BCUT2D eigenvalue weighted by Crippen LogP contribution is -2.28. The fourth-order valence-corrected chi connectivity index (χ4v) is 1.31. The van der Waals surface area contributed by atoms with E-state index in [4.69, 9.17) is 28.9 Å². The van der Waals surface area contributed by atoms with Crippen LogP contribution in [0, 0.1) is 0 Å². The zero-order chi connectivity index (χ0) is 10.9. The normalized spacial score (nSPS) is 14.1. The quantitative estimate of drug-likeness (QED) is 0.772. The Morgan fingerprint density at radius 3 is 2.36 bits per heavy atom. The Labute approximate surface area is 87.8 Å². The Bertz CT molecular complexity index is 340. The molecule has 0 amide bonds. The van der Waals surface area contributed by atoms with Crippen molar-refractivity contribution in [2.75, 3.05) is 0 Å². The highest BCUT2D eigenvalue weighted by atomic mass is 35.5. The Morgan fingerprint density at radius 1 is 1.36 bits per heavy atom. The van der Waals surface area contributed by atoms with Crippen molar-refractivity contribution in [2.24, 2.45) is 5.73 Å². The summed E-state index contributed by atoms with van der Waals surface area (Å²) in [5.41, 5.74) is 4.64. The van der Waals surface area contributed by atoms with E-state index in [2.05, 4.69) is 4.98 Å². The molecular weight excluding hydrogens is 240 g/mol. The van der Waals surface area contributed by atoms with Crippen LogP contribution in [0.5, 0.6) is 0 Å². The van der Waals surface area contributed by atoms with Crippen molar-refractivity contribution in [3.8, 4) is 0 Å². The van der Waals surface area contributed by atoms with Crippen LogP contribution >= 0.6 is 23.2 Å². The first-order valence-electron chi connectivity index (χ1n) is 3.45. The molecule has 78 valence electrons. The highest BCUT2D eigenvalue weighted by Crippen LogP contribution is 2.34. The lowest BCUT2D eigenvalue weighted by molar-refractivity contribution is -0.149. The lowest BCUT2D eigenvalue weighted by Gasteiger charge is -2.16. The SMILES string of the molecule is NC(c1cnc(Cl)cc1Cl)C(F)(F)F. The minimum atomic E-state index is -4.54. The lowest BCUT2D eigenvalue weighted by atomic mass is 10.1. The van der Waals surface area contributed by atoms with Gasteiger partial charge >= 0.3 is 6.18 Å². The number of aromatic nitrogens is 1. The first kappa shape index (κ1) is 11.6. The first-order chi connectivity index (χ1) is 6.32. The molecule has 0 saturated carbocycles. The number of halogens is 5. The van der Waals surface area contributed by atoms with Gasteiger partial charge in [0.2, 0.25) is 0 Å². The van der Waals surface area contributed by atoms with Crippen LogP contribution in [0.1, 0.15) is 11.6 Å². The van der Waals surface area contributed by atoms with Crippen molar-refractivity contribution in [1.82, 2.24) is 4.98 Å². The first-order valence-corrected chi connectivity index (χ1v) is 4.21. The Morgan fingerprint density at radius 2 is 1.93 bits per heavy atom. The van der Waals surface area contributed by atoms with Crippen molar-refractivity contribution < 1.29 is 13.2 Å². The molecule has 0 aliphatic heterocycles. The van der Waals surface area contributed by atoms with Crippen LogP contribution in [0.15, 0.2) is 12.3 Å². The van der Waals surface area contributed by atoms with Crippen molar-refractivity contribution in [1.29, 1.82) is 0 Å². The predicted octanol–water partition coefficient (Wildman–Crippen LogP) is 2.95. The molecule has 0 fully saturated rings. The van der Waals surface area contributed by atoms with E-state index >= 15 is 0 Å². The fraction of sp³-hybridized carbons (Fsp3) is 0.286. The van der Waals surface area contributed by atoms with Crippen molar-refractivity contribution in [3.63, 3.8) is 0 Å². The zero-order valence-electron chi connectivity index (χ0n) is 6.65. The molecule has 1 unspecified atom stereocenters. The average molecular weight is 245 g/mol. The molecule has 0 spiro atoms. The van der Waals surface area contributed by atoms with Crippen LogP contribution < -0.4 is 5.73 Å². The molecule has 0 bridgehead atoms. The van der Waals surface area contributed by atoms with Gasteiger partial charge in [-0.05, 0) is 6.07 Å². The van der Waals surface area contributed by atoms with Crippen molar-refractivity contribution >= 4 is 23.2 Å². The summed E-state index contributed by atoms with van der Waals surface area (Å²) < 4.78 is 36.5. The molecule has 14 heavy (non-hydrogen) atoms. The topological polar surface area (TPSA) is 38.9 Å². The Hall–Kier alpha value is -0.520. The molecule has 1 aromatic heterocycles. The molecule has 7 heteroatoms. The van der Waals surface area contributed by atoms with Gasteiger partial charge in [0.15, 0.2) is 0 Å². The summed E-state index contributed by atoms with van der Waals surface area (Å²) in [4.78, 5) is 3.48. The summed E-state index contributed by atoms with van der Waals surface area (Å²) in [7, 11) is 0. The van der Waals surface area contributed by atoms with Gasteiger partial charge in [-0.1, -0.05) is 23.2 Å². The van der Waals surface area contributed by atoms with Gasteiger partial charge in [-0.15, -0.1) is 0 Å². The minimum Gasteiger partial charge on any atom is -0.316 e. The number of alkyl halides is 3. The molecule has 2 nitrogen and oxygen atoms in total. The van der Waals surface area contributed by atoms with Crippen LogP contribution in [0.3, 0.4) is 0 Å². The molecule has 1 rings (SSSR count). The standard InChI is InChI=1S/C7H5Cl2F3N2/c8-4-1-5(9)14-2-3(4)6(13)7(10,11)12/h1-2,6H,13H2. The number of pyridine rings is 1. The van der Waals surface area contributed by atoms with Gasteiger partial charge < -0.3 is 5.73 Å². The van der Waals surface area contributed by atoms with E-state index in [0.29, 0.717) is 0 Å². The van der Waals surface area contributed by atoms with Crippen LogP contribution in [0.25, 0.3) is 0 Å². The number of nitrogens with two attached hydrogens (primary N) is 1. The molecule has 1 aromatic rings. The number of rotatable bonds is 1.